The van der Waals surface area contributed by atoms with E-state index in [1.165, 1.54) is 24.3 Å². The molecular weight excluding hydrogens is 386 g/mol. The van der Waals surface area contributed by atoms with Crippen molar-refractivity contribution < 1.29 is 27.4 Å². The highest BCUT2D eigenvalue weighted by Crippen LogP contribution is 2.50. The molecule has 8 heteroatoms. The summed E-state index contributed by atoms with van der Waals surface area (Å²) >= 11 is 5.90. The van der Waals surface area contributed by atoms with Gasteiger partial charge in [-0.05, 0) is 42.4 Å². The Morgan fingerprint density at radius 2 is 1.63 bits per heavy atom. The third-order valence-electron chi connectivity index (χ3n) is 4.95. The fraction of sp³-hybridized carbons (Fsp3) is 0.368. The van der Waals surface area contributed by atoms with E-state index >= 15 is 0 Å². The van der Waals surface area contributed by atoms with Gasteiger partial charge in [0, 0.05) is 18.5 Å². The summed E-state index contributed by atoms with van der Waals surface area (Å²) in [5.41, 5.74) is -1.48. The largest absolute Gasteiger partial charge is 0.573 e. The molecule has 0 aromatic heterocycles. The number of rotatable bonds is 4. The van der Waals surface area contributed by atoms with E-state index in [1.54, 1.807) is 0 Å². The van der Waals surface area contributed by atoms with E-state index in [2.05, 4.69) is 4.74 Å². The standard InChI is InChI=1S/C19H18ClF4NO2/c1-17(10-25(2)11-17)18(26,13-5-8-16(21)15(20)9-13)12-3-6-14(7-4-12)27-19(22,23)24/h3-9,26H,10-11H2,1-2H3/t18-/m0/s1. The molecule has 0 amide bonds. The molecule has 0 saturated carbocycles. The topological polar surface area (TPSA) is 32.7 Å². The van der Waals surface area contributed by atoms with Crippen LogP contribution in [0.1, 0.15) is 18.1 Å². The van der Waals surface area contributed by atoms with Crippen molar-refractivity contribution in [2.45, 2.75) is 18.9 Å². The molecule has 1 fully saturated rings. The lowest BCUT2D eigenvalue weighted by molar-refractivity contribution is -0.274. The normalized spacial score (nSPS) is 19.3. The highest BCUT2D eigenvalue weighted by Gasteiger charge is 2.55. The molecule has 1 atom stereocenters. The van der Waals surface area contributed by atoms with Crippen molar-refractivity contribution in [1.29, 1.82) is 0 Å². The predicted octanol–water partition coefficient (Wildman–Crippen LogP) is 4.57. The summed E-state index contributed by atoms with van der Waals surface area (Å²) in [4.78, 5) is 2.00. The van der Waals surface area contributed by atoms with Gasteiger partial charge in [-0.1, -0.05) is 36.7 Å². The van der Waals surface area contributed by atoms with Crippen molar-refractivity contribution in [2.24, 2.45) is 5.41 Å². The first-order valence-corrected chi connectivity index (χ1v) is 8.55. The lowest BCUT2D eigenvalue weighted by Gasteiger charge is -2.56. The van der Waals surface area contributed by atoms with Crippen LogP contribution in [0.3, 0.4) is 0 Å². The molecule has 0 bridgehead atoms. The number of benzene rings is 2. The zero-order chi connectivity index (χ0) is 20.0. The Morgan fingerprint density at radius 1 is 1.07 bits per heavy atom. The van der Waals surface area contributed by atoms with Crippen LogP contribution in [-0.4, -0.2) is 36.5 Å². The molecular formula is C19H18ClF4NO2. The molecule has 2 aromatic rings. The lowest BCUT2D eigenvalue weighted by Crippen LogP contribution is -2.63. The van der Waals surface area contributed by atoms with E-state index in [0.29, 0.717) is 24.2 Å². The Balaban J connectivity index is 2.06. The van der Waals surface area contributed by atoms with Gasteiger partial charge in [0.25, 0.3) is 0 Å². The maximum atomic E-state index is 13.6. The smallest absolute Gasteiger partial charge is 0.406 e. The van der Waals surface area contributed by atoms with Gasteiger partial charge in [-0.15, -0.1) is 13.2 Å². The molecule has 0 unspecified atom stereocenters. The second kappa shape index (κ2) is 6.65. The van der Waals surface area contributed by atoms with Crippen LogP contribution in [-0.2, 0) is 5.60 Å². The number of halogens is 5. The summed E-state index contributed by atoms with van der Waals surface area (Å²) in [5, 5.41) is 11.6. The maximum absolute atomic E-state index is 13.6. The Labute approximate surface area is 159 Å². The molecule has 0 spiro atoms. The van der Waals surface area contributed by atoms with E-state index in [-0.39, 0.29) is 10.8 Å². The molecule has 1 N–H and O–H groups in total. The first kappa shape index (κ1) is 19.9. The number of hydrogen-bond acceptors (Lipinski definition) is 3. The third-order valence-corrected chi connectivity index (χ3v) is 5.24. The van der Waals surface area contributed by atoms with Gasteiger partial charge in [-0.3, -0.25) is 0 Å². The number of hydrogen-bond donors (Lipinski definition) is 1. The van der Waals surface area contributed by atoms with E-state index < -0.39 is 23.2 Å². The average Bonchev–Trinajstić information content (AvgIpc) is 2.54. The Kier molecular flexibility index (Phi) is 4.91. The predicted molar refractivity (Wildman–Crippen MR) is 93.1 cm³/mol. The van der Waals surface area contributed by atoms with Gasteiger partial charge in [-0.25, -0.2) is 4.39 Å². The minimum absolute atomic E-state index is 0.140. The fourth-order valence-corrected chi connectivity index (χ4v) is 4.04. The van der Waals surface area contributed by atoms with Gasteiger partial charge in [0.05, 0.1) is 5.02 Å². The molecule has 2 aromatic carbocycles. The van der Waals surface area contributed by atoms with Crippen molar-refractivity contribution >= 4 is 11.6 Å². The molecule has 3 nitrogen and oxygen atoms in total. The summed E-state index contributed by atoms with van der Waals surface area (Å²) in [5.74, 6) is -1.01. The van der Waals surface area contributed by atoms with Crippen LogP contribution >= 0.6 is 11.6 Å². The van der Waals surface area contributed by atoms with Crippen LogP contribution in [0.2, 0.25) is 5.02 Å². The monoisotopic (exact) mass is 403 g/mol. The number of ether oxygens (including phenoxy) is 1. The SMILES string of the molecule is CN1CC(C)([C@](O)(c2ccc(OC(F)(F)F)cc2)c2ccc(F)c(Cl)c2)C1. The van der Waals surface area contributed by atoms with E-state index in [1.807, 2.05) is 18.9 Å². The zero-order valence-corrected chi connectivity index (χ0v) is 15.4. The summed E-state index contributed by atoms with van der Waals surface area (Å²) in [6.07, 6.45) is -4.80. The Hall–Kier alpha value is -1.83. The first-order valence-electron chi connectivity index (χ1n) is 8.17. The number of likely N-dealkylation sites (tertiary alicyclic amines) is 1. The summed E-state index contributed by atoms with van der Waals surface area (Å²) < 4.78 is 54.7. The summed E-state index contributed by atoms with van der Waals surface area (Å²) in [6.45, 7) is 2.95. The van der Waals surface area contributed by atoms with Gasteiger partial charge >= 0.3 is 6.36 Å². The molecule has 1 aliphatic heterocycles. The van der Waals surface area contributed by atoms with Gasteiger partial charge in [0.1, 0.15) is 17.2 Å². The van der Waals surface area contributed by atoms with E-state index in [9.17, 15) is 22.7 Å². The zero-order valence-electron chi connectivity index (χ0n) is 14.6. The van der Waals surface area contributed by atoms with Crippen molar-refractivity contribution in [1.82, 2.24) is 4.90 Å². The van der Waals surface area contributed by atoms with Crippen molar-refractivity contribution in [2.75, 3.05) is 20.1 Å². The maximum Gasteiger partial charge on any atom is 0.573 e. The van der Waals surface area contributed by atoms with E-state index in [4.69, 9.17) is 11.6 Å². The lowest BCUT2D eigenvalue weighted by atomic mass is 9.62. The molecule has 1 saturated heterocycles. The minimum atomic E-state index is -4.80. The molecule has 3 rings (SSSR count). The molecule has 27 heavy (non-hydrogen) atoms. The number of alkyl halides is 3. The van der Waals surface area contributed by atoms with Gasteiger partial charge < -0.3 is 14.7 Å². The van der Waals surface area contributed by atoms with Crippen molar-refractivity contribution in [3.05, 3.63) is 64.4 Å². The van der Waals surface area contributed by atoms with Crippen LogP contribution in [0.4, 0.5) is 17.6 Å². The molecule has 0 radical (unpaired) electrons. The van der Waals surface area contributed by atoms with Gasteiger partial charge in [0.15, 0.2) is 0 Å². The second-order valence-electron chi connectivity index (χ2n) is 7.14. The van der Waals surface area contributed by atoms with Crippen molar-refractivity contribution in [3.63, 3.8) is 0 Å². The number of aliphatic hydroxyl groups is 1. The number of nitrogens with zero attached hydrogens (tertiary/aromatic N) is 1. The molecule has 1 aliphatic rings. The van der Waals surface area contributed by atoms with Crippen LogP contribution in [0.25, 0.3) is 0 Å². The van der Waals surface area contributed by atoms with Crippen molar-refractivity contribution in [3.8, 4) is 5.75 Å². The van der Waals surface area contributed by atoms with Gasteiger partial charge in [0.2, 0.25) is 0 Å². The first-order chi connectivity index (χ1) is 12.4. The van der Waals surface area contributed by atoms with E-state index in [0.717, 1.165) is 18.2 Å². The van der Waals surface area contributed by atoms with Crippen LogP contribution in [0.15, 0.2) is 42.5 Å². The van der Waals surface area contributed by atoms with Crippen LogP contribution in [0, 0.1) is 11.2 Å². The van der Waals surface area contributed by atoms with Crippen LogP contribution in [0.5, 0.6) is 5.75 Å². The highest BCUT2D eigenvalue weighted by molar-refractivity contribution is 6.30. The van der Waals surface area contributed by atoms with Gasteiger partial charge in [-0.2, -0.15) is 0 Å². The Bertz CT molecular complexity index is 835. The third kappa shape index (κ3) is 3.63. The summed E-state index contributed by atoms with van der Waals surface area (Å²) in [7, 11) is 1.89. The molecule has 0 aliphatic carbocycles. The quantitative estimate of drug-likeness (QED) is 0.759. The second-order valence-corrected chi connectivity index (χ2v) is 7.55. The highest BCUT2D eigenvalue weighted by atomic mass is 35.5. The fourth-order valence-electron chi connectivity index (χ4n) is 3.86. The van der Waals surface area contributed by atoms with Crippen LogP contribution < -0.4 is 4.74 Å². The summed E-state index contributed by atoms with van der Waals surface area (Å²) in [6, 6.07) is 8.99. The molecule has 1 heterocycles. The Morgan fingerprint density at radius 3 is 2.11 bits per heavy atom. The molecule has 146 valence electrons. The minimum Gasteiger partial charge on any atom is -0.406 e. The average molecular weight is 404 g/mol.